The molecule has 0 heterocycles. The third-order valence-electron chi connectivity index (χ3n) is 1.67. The fourth-order valence-electron chi connectivity index (χ4n) is 0.889. The normalized spacial score (nSPS) is 12.7. The molecule has 5 heteroatoms. The Morgan fingerprint density at radius 1 is 1.53 bits per heavy atom. The molecule has 0 aromatic rings. The van der Waals surface area contributed by atoms with Crippen molar-refractivity contribution in [2.45, 2.75) is 32.8 Å². The predicted octanol–water partition coefficient (Wildman–Crippen LogP) is 1.25. The standard InChI is InChI=1S/C10H13NO4/c1-7(10(13)14)4-3-5-9(6-11)15-8(2)12/h4,9H,3,5H2,1-2H3,(H,13,14). The Labute approximate surface area is 88.0 Å². The number of hydrogen-bond donors (Lipinski definition) is 1. The number of hydrogen-bond acceptors (Lipinski definition) is 4. The van der Waals surface area contributed by atoms with Crippen molar-refractivity contribution in [1.82, 2.24) is 0 Å². The van der Waals surface area contributed by atoms with E-state index in [1.54, 1.807) is 0 Å². The first-order valence-electron chi connectivity index (χ1n) is 4.44. The average Bonchev–Trinajstić information content (AvgIpc) is 2.15. The lowest BCUT2D eigenvalue weighted by atomic mass is 10.1. The maximum atomic E-state index is 10.5. The number of esters is 1. The van der Waals surface area contributed by atoms with E-state index < -0.39 is 18.0 Å². The van der Waals surface area contributed by atoms with E-state index in [4.69, 9.17) is 10.4 Å². The molecule has 0 radical (unpaired) electrons. The van der Waals surface area contributed by atoms with Gasteiger partial charge in [-0.2, -0.15) is 5.26 Å². The van der Waals surface area contributed by atoms with Crippen molar-refractivity contribution in [2.24, 2.45) is 0 Å². The number of carboxylic acids is 1. The minimum atomic E-state index is -0.990. The number of allylic oxidation sites excluding steroid dienone is 1. The van der Waals surface area contributed by atoms with Gasteiger partial charge in [0.25, 0.3) is 0 Å². The Kier molecular flexibility index (Phi) is 5.79. The van der Waals surface area contributed by atoms with Crippen molar-refractivity contribution < 1.29 is 19.4 Å². The zero-order chi connectivity index (χ0) is 11.8. The molecule has 15 heavy (non-hydrogen) atoms. The Morgan fingerprint density at radius 2 is 2.13 bits per heavy atom. The Hall–Kier alpha value is -1.83. The summed E-state index contributed by atoms with van der Waals surface area (Å²) in [5, 5.41) is 17.1. The van der Waals surface area contributed by atoms with Gasteiger partial charge in [-0.3, -0.25) is 4.79 Å². The number of aliphatic carboxylic acids is 1. The predicted molar refractivity (Wildman–Crippen MR) is 51.8 cm³/mol. The van der Waals surface area contributed by atoms with Crippen molar-refractivity contribution in [2.75, 3.05) is 0 Å². The monoisotopic (exact) mass is 211 g/mol. The molecule has 0 aliphatic rings. The highest BCUT2D eigenvalue weighted by atomic mass is 16.5. The quantitative estimate of drug-likeness (QED) is 0.546. The van der Waals surface area contributed by atoms with E-state index in [0.717, 1.165) is 0 Å². The molecule has 82 valence electrons. The molecule has 0 saturated carbocycles. The SMILES string of the molecule is CC(=O)OC(C#N)CCC=C(C)C(=O)O. The molecule has 0 aromatic carbocycles. The lowest BCUT2D eigenvalue weighted by molar-refractivity contribution is -0.144. The molecule has 1 unspecified atom stereocenters. The summed E-state index contributed by atoms with van der Waals surface area (Å²) in [4.78, 5) is 20.9. The second-order valence-corrected chi connectivity index (χ2v) is 3.00. The zero-order valence-electron chi connectivity index (χ0n) is 8.69. The van der Waals surface area contributed by atoms with Crippen LogP contribution >= 0.6 is 0 Å². The lowest BCUT2D eigenvalue weighted by Gasteiger charge is -2.07. The van der Waals surface area contributed by atoms with E-state index in [1.807, 2.05) is 6.07 Å². The van der Waals surface area contributed by atoms with Crippen molar-refractivity contribution in [1.29, 1.82) is 5.26 Å². The van der Waals surface area contributed by atoms with Crippen LogP contribution in [0.1, 0.15) is 26.7 Å². The van der Waals surface area contributed by atoms with Crippen molar-refractivity contribution in [3.05, 3.63) is 11.6 Å². The van der Waals surface area contributed by atoms with Gasteiger partial charge in [0, 0.05) is 18.9 Å². The lowest BCUT2D eigenvalue weighted by Crippen LogP contribution is -2.13. The summed E-state index contributed by atoms with van der Waals surface area (Å²) < 4.78 is 4.67. The number of nitrogens with zero attached hydrogens (tertiary/aromatic N) is 1. The molecule has 0 aromatic heterocycles. The van der Waals surface area contributed by atoms with Crippen molar-refractivity contribution >= 4 is 11.9 Å². The molecule has 0 rings (SSSR count). The van der Waals surface area contributed by atoms with Gasteiger partial charge in [-0.15, -0.1) is 0 Å². The number of rotatable bonds is 5. The molecular formula is C10H13NO4. The molecule has 1 atom stereocenters. The summed E-state index contributed by atoms with van der Waals surface area (Å²) >= 11 is 0. The van der Waals surface area contributed by atoms with Crippen LogP contribution in [-0.4, -0.2) is 23.1 Å². The van der Waals surface area contributed by atoms with Crippen LogP contribution in [0.4, 0.5) is 0 Å². The topological polar surface area (TPSA) is 87.4 Å². The highest BCUT2D eigenvalue weighted by molar-refractivity contribution is 5.85. The van der Waals surface area contributed by atoms with Crippen LogP contribution in [0.25, 0.3) is 0 Å². The first-order chi connectivity index (χ1) is 6.97. The minimum Gasteiger partial charge on any atom is -0.478 e. The van der Waals surface area contributed by atoms with Gasteiger partial charge in [0.05, 0.1) is 0 Å². The summed E-state index contributed by atoms with van der Waals surface area (Å²) in [7, 11) is 0. The summed E-state index contributed by atoms with van der Waals surface area (Å²) in [5.74, 6) is -1.50. The molecule has 0 amide bonds. The molecule has 0 bridgehead atoms. The fraction of sp³-hybridized carbons (Fsp3) is 0.500. The van der Waals surface area contributed by atoms with Crippen LogP contribution in [0.3, 0.4) is 0 Å². The molecule has 0 aliphatic carbocycles. The van der Waals surface area contributed by atoms with E-state index in [9.17, 15) is 9.59 Å². The van der Waals surface area contributed by atoms with Crippen LogP contribution < -0.4 is 0 Å². The maximum absolute atomic E-state index is 10.5. The van der Waals surface area contributed by atoms with Crippen molar-refractivity contribution in [3.63, 3.8) is 0 Å². The molecule has 5 nitrogen and oxygen atoms in total. The van der Waals surface area contributed by atoms with Crippen LogP contribution in [0.2, 0.25) is 0 Å². The molecule has 1 N–H and O–H groups in total. The fourth-order valence-corrected chi connectivity index (χ4v) is 0.889. The van der Waals surface area contributed by atoms with Crippen LogP contribution in [0.15, 0.2) is 11.6 Å². The molecule has 0 fully saturated rings. The van der Waals surface area contributed by atoms with Crippen LogP contribution in [0.5, 0.6) is 0 Å². The number of nitriles is 1. The summed E-state index contributed by atoms with van der Waals surface area (Å²) in [6.45, 7) is 2.69. The molecule has 0 spiro atoms. The average molecular weight is 211 g/mol. The summed E-state index contributed by atoms with van der Waals surface area (Å²) in [5.41, 5.74) is 0.217. The second-order valence-electron chi connectivity index (χ2n) is 3.00. The van der Waals surface area contributed by atoms with Gasteiger partial charge in [0.2, 0.25) is 0 Å². The highest BCUT2D eigenvalue weighted by Gasteiger charge is 2.09. The van der Waals surface area contributed by atoms with Crippen LogP contribution in [-0.2, 0) is 14.3 Å². The third-order valence-corrected chi connectivity index (χ3v) is 1.67. The summed E-state index contributed by atoms with van der Waals surface area (Å²) in [6.07, 6.45) is 1.39. The smallest absolute Gasteiger partial charge is 0.330 e. The molecule has 0 saturated heterocycles. The number of carbonyl (C=O) groups is 2. The van der Waals surface area contributed by atoms with Gasteiger partial charge in [-0.05, 0) is 13.3 Å². The van der Waals surface area contributed by atoms with E-state index in [-0.39, 0.29) is 5.57 Å². The van der Waals surface area contributed by atoms with Gasteiger partial charge < -0.3 is 9.84 Å². The number of carbonyl (C=O) groups excluding carboxylic acids is 1. The van der Waals surface area contributed by atoms with Crippen LogP contribution in [0, 0.1) is 11.3 Å². The first-order valence-corrected chi connectivity index (χ1v) is 4.44. The van der Waals surface area contributed by atoms with E-state index in [2.05, 4.69) is 4.74 Å². The number of carboxylic acid groups (broad SMARTS) is 1. The Morgan fingerprint density at radius 3 is 2.53 bits per heavy atom. The van der Waals surface area contributed by atoms with E-state index >= 15 is 0 Å². The van der Waals surface area contributed by atoms with Gasteiger partial charge in [-0.1, -0.05) is 6.08 Å². The van der Waals surface area contributed by atoms with Gasteiger partial charge in [0.1, 0.15) is 6.07 Å². The molecular weight excluding hydrogens is 198 g/mol. The Bertz CT molecular complexity index is 314. The second kappa shape index (κ2) is 6.60. The van der Waals surface area contributed by atoms with Crippen molar-refractivity contribution in [3.8, 4) is 6.07 Å². The first kappa shape index (κ1) is 13.2. The highest BCUT2D eigenvalue weighted by Crippen LogP contribution is 2.05. The Balaban J connectivity index is 4.03. The third kappa shape index (κ3) is 6.27. The van der Waals surface area contributed by atoms with E-state index in [0.29, 0.717) is 12.8 Å². The van der Waals surface area contributed by atoms with Gasteiger partial charge in [0.15, 0.2) is 6.10 Å². The van der Waals surface area contributed by atoms with E-state index in [1.165, 1.54) is 19.9 Å². The largest absolute Gasteiger partial charge is 0.478 e. The van der Waals surface area contributed by atoms with Gasteiger partial charge >= 0.3 is 11.9 Å². The zero-order valence-corrected chi connectivity index (χ0v) is 8.69. The minimum absolute atomic E-state index is 0.217. The number of ether oxygens (including phenoxy) is 1. The van der Waals surface area contributed by atoms with Gasteiger partial charge in [-0.25, -0.2) is 4.79 Å². The maximum Gasteiger partial charge on any atom is 0.330 e. The molecule has 0 aliphatic heterocycles. The summed E-state index contributed by atoms with van der Waals surface area (Å²) in [6, 6.07) is 1.82.